The molecule has 1 atom stereocenters. The molecule has 1 fully saturated rings. The summed E-state index contributed by atoms with van der Waals surface area (Å²) in [5, 5.41) is 3.59. The van der Waals surface area contributed by atoms with E-state index >= 15 is 0 Å². The smallest absolute Gasteiger partial charge is 0.243 e. The lowest BCUT2D eigenvalue weighted by Gasteiger charge is -2.33. The summed E-state index contributed by atoms with van der Waals surface area (Å²) in [5.74, 6) is -0.0405. The van der Waals surface area contributed by atoms with Gasteiger partial charge < -0.3 is 10.1 Å². The Morgan fingerprint density at radius 2 is 2.39 bits per heavy atom. The van der Waals surface area contributed by atoms with E-state index in [-0.39, 0.29) is 12.0 Å². The number of aromatic nitrogens is 1. The van der Waals surface area contributed by atoms with Crippen molar-refractivity contribution in [3.63, 3.8) is 0 Å². The van der Waals surface area contributed by atoms with Crippen molar-refractivity contribution in [3.05, 3.63) is 40.7 Å². The van der Waals surface area contributed by atoms with Gasteiger partial charge in [0.2, 0.25) is 5.91 Å². The number of nitrogens with zero attached hydrogens (tertiary/aromatic N) is 2. The maximum atomic E-state index is 11.6. The minimum atomic E-state index is -0.0405. The normalized spacial score (nSPS) is 18.5. The van der Waals surface area contributed by atoms with Gasteiger partial charge in [0.25, 0.3) is 0 Å². The Labute approximate surface area is 142 Å². The second-order valence-corrected chi connectivity index (χ2v) is 6.40. The van der Waals surface area contributed by atoms with Crippen LogP contribution in [-0.4, -0.2) is 48.1 Å². The summed E-state index contributed by atoms with van der Waals surface area (Å²) in [7, 11) is 0. The van der Waals surface area contributed by atoms with E-state index in [1.165, 1.54) is 0 Å². The number of hydrogen-bond donors (Lipinski definition) is 1. The first kappa shape index (κ1) is 17.9. The molecule has 1 aliphatic heterocycles. The number of halogens is 1. The van der Waals surface area contributed by atoms with Crippen LogP contribution in [0, 0.1) is 0 Å². The fraction of sp³-hybridized carbons (Fsp3) is 0.529. The highest BCUT2D eigenvalue weighted by Gasteiger charge is 2.21. The second kappa shape index (κ2) is 9.01. The van der Waals surface area contributed by atoms with Crippen molar-refractivity contribution >= 4 is 17.5 Å². The van der Waals surface area contributed by atoms with Crippen LogP contribution in [0.5, 0.6) is 0 Å². The van der Waals surface area contributed by atoms with Gasteiger partial charge in [-0.1, -0.05) is 17.2 Å². The highest BCUT2D eigenvalue weighted by molar-refractivity contribution is 6.31. The molecule has 6 heteroatoms. The predicted molar refractivity (Wildman–Crippen MR) is 91.3 cm³/mol. The standard InChI is InChI=1S/C17H24ClN3O2/c1-13(2)9-17(22)20-6-4-15-12-21(7-8-23-15)11-14-3-5-19-10-16(14)18/h3,5,9-10,15H,4,6-8,11-12H2,1-2H3,(H,20,22)/t15-/m0/s1. The molecule has 1 aromatic rings. The van der Waals surface area contributed by atoms with Crippen LogP contribution >= 0.6 is 11.6 Å². The average molecular weight is 338 g/mol. The zero-order valence-electron chi connectivity index (χ0n) is 13.7. The van der Waals surface area contributed by atoms with Crippen molar-refractivity contribution < 1.29 is 9.53 Å². The summed E-state index contributed by atoms with van der Waals surface area (Å²) in [6, 6.07) is 1.95. The maximum absolute atomic E-state index is 11.6. The van der Waals surface area contributed by atoms with Crippen molar-refractivity contribution in [2.75, 3.05) is 26.2 Å². The molecule has 0 bridgehead atoms. The fourth-order valence-electron chi connectivity index (χ4n) is 2.54. The minimum Gasteiger partial charge on any atom is -0.375 e. The Bertz CT molecular complexity index is 559. The largest absolute Gasteiger partial charge is 0.375 e. The van der Waals surface area contributed by atoms with Gasteiger partial charge >= 0.3 is 0 Å². The minimum absolute atomic E-state index is 0.0405. The SMILES string of the molecule is CC(C)=CC(=O)NCC[C@H]1CN(Cc2ccncc2Cl)CCO1. The van der Waals surface area contributed by atoms with Crippen molar-refractivity contribution in [3.8, 4) is 0 Å². The lowest BCUT2D eigenvalue weighted by molar-refractivity contribution is -0.116. The third kappa shape index (κ3) is 6.29. The van der Waals surface area contributed by atoms with Crippen molar-refractivity contribution in [2.24, 2.45) is 0 Å². The number of nitrogens with one attached hydrogen (secondary N) is 1. The molecule has 1 aromatic heterocycles. The summed E-state index contributed by atoms with van der Waals surface area (Å²) in [5.41, 5.74) is 2.08. The maximum Gasteiger partial charge on any atom is 0.243 e. The lowest BCUT2D eigenvalue weighted by Crippen LogP contribution is -2.43. The highest BCUT2D eigenvalue weighted by atomic mass is 35.5. The molecule has 1 saturated heterocycles. The summed E-state index contributed by atoms with van der Waals surface area (Å²) < 4.78 is 5.79. The van der Waals surface area contributed by atoms with E-state index in [2.05, 4.69) is 15.2 Å². The van der Waals surface area contributed by atoms with E-state index in [0.717, 1.165) is 37.2 Å². The molecule has 0 aromatic carbocycles. The zero-order valence-corrected chi connectivity index (χ0v) is 14.5. The molecule has 0 saturated carbocycles. The number of amides is 1. The van der Waals surface area contributed by atoms with Crippen LogP contribution in [-0.2, 0) is 16.1 Å². The Hall–Kier alpha value is -1.43. The third-order valence-corrected chi connectivity index (χ3v) is 4.00. The Morgan fingerprint density at radius 1 is 1.57 bits per heavy atom. The molecule has 0 unspecified atom stereocenters. The van der Waals surface area contributed by atoms with Crippen molar-refractivity contribution in [1.29, 1.82) is 0 Å². The molecule has 2 rings (SSSR count). The van der Waals surface area contributed by atoms with E-state index in [9.17, 15) is 4.79 Å². The second-order valence-electron chi connectivity index (χ2n) is 6.00. The van der Waals surface area contributed by atoms with Gasteiger partial charge in [0, 0.05) is 44.6 Å². The van der Waals surface area contributed by atoms with E-state index in [1.807, 2.05) is 19.9 Å². The van der Waals surface area contributed by atoms with Crippen LogP contribution in [0.25, 0.3) is 0 Å². The van der Waals surface area contributed by atoms with Crippen LogP contribution in [0.1, 0.15) is 25.8 Å². The number of rotatable bonds is 6. The van der Waals surface area contributed by atoms with Crippen LogP contribution < -0.4 is 5.32 Å². The van der Waals surface area contributed by atoms with Crippen molar-refractivity contribution in [2.45, 2.75) is 32.9 Å². The van der Waals surface area contributed by atoms with Gasteiger partial charge in [-0.3, -0.25) is 14.7 Å². The van der Waals surface area contributed by atoms with Crippen LogP contribution in [0.2, 0.25) is 5.02 Å². The molecule has 2 heterocycles. The monoisotopic (exact) mass is 337 g/mol. The highest BCUT2D eigenvalue weighted by Crippen LogP contribution is 2.18. The molecule has 0 radical (unpaired) electrons. The Balaban J connectivity index is 1.76. The molecular weight excluding hydrogens is 314 g/mol. The molecular formula is C17H24ClN3O2. The van der Waals surface area contributed by atoms with Gasteiger partial charge in [-0.2, -0.15) is 0 Å². The molecule has 1 amide bonds. The fourth-order valence-corrected chi connectivity index (χ4v) is 2.72. The first-order chi connectivity index (χ1) is 11.0. The Morgan fingerprint density at radius 3 is 3.13 bits per heavy atom. The number of pyridine rings is 1. The van der Waals surface area contributed by atoms with E-state index in [1.54, 1.807) is 18.5 Å². The van der Waals surface area contributed by atoms with Gasteiger partial charge in [0.1, 0.15) is 0 Å². The summed E-state index contributed by atoms with van der Waals surface area (Å²) in [6.07, 6.45) is 5.99. The van der Waals surface area contributed by atoms with Gasteiger partial charge in [-0.25, -0.2) is 0 Å². The number of allylic oxidation sites excluding steroid dienone is 1. The molecule has 0 aliphatic carbocycles. The lowest BCUT2D eigenvalue weighted by atomic mass is 10.1. The summed E-state index contributed by atoms with van der Waals surface area (Å²) in [6.45, 7) is 7.67. The number of carbonyl (C=O) groups excluding carboxylic acids is 1. The molecule has 23 heavy (non-hydrogen) atoms. The molecule has 1 N–H and O–H groups in total. The van der Waals surface area contributed by atoms with Crippen LogP contribution in [0.3, 0.4) is 0 Å². The predicted octanol–water partition coefficient (Wildman–Crippen LogP) is 2.41. The van der Waals surface area contributed by atoms with E-state index in [0.29, 0.717) is 18.2 Å². The number of hydrogen-bond acceptors (Lipinski definition) is 4. The third-order valence-electron chi connectivity index (χ3n) is 3.66. The molecule has 5 nitrogen and oxygen atoms in total. The zero-order chi connectivity index (χ0) is 16.7. The quantitative estimate of drug-likeness (QED) is 0.810. The summed E-state index contributed by atoms with van der Waals surface area (Å²) >= 11 is 6.17. The van der Waals surface area contributed by atoms with Gasteiger partial charge in [-0.15, -0.1) is 0 Å². The van der Waals surface area contributed by atoms with Crippen molar-refractivity contribution in [1.82, 2.24) is 15.2 Å². The summed E-state index contributed by atoms with van der Waals surface area (Å²) in [4.78, 5) is 17.9. The number of ether oxygens (including phenoxy) is 1. The van der Waals surface area contributed by atoms with Gasteiger partial charge in [0.15, 0.2) is 0 Å². The topological polar surface area (TPSA) is 54.5 Å². The first-order valence-corrected chi connectivity index (χ1v) is 8.27. The Kier molecular flexibility index (Phi) is 7.02. The number of carbonyl (C=O) groups is 1. The first-order valence-electron chi connectivity index (χ1n) is 7.89. The van der Waals surface area contributed by atoms with E-state index in [4.69, 9.17) is 16.3 Å². The molecule has 0 spiro atoms. The number of morpholine rings is 1. The van der Waals surface area contributed by atoms with Gasteiger partial charge in [-0.05, 0) is 31.9 Å². The van der Waals surface area contributed by atoms with Crippen LogP contribution in [0.15, 0.2) is 30.1 Å². The van der Waals surface area contributed by atoms with E-state index < -0.39 is 0 Å². The molecule has 1 aliphatic rings. The van der Waals surface area contributed by atoms with Crippen LogP contribution in [0.4, 0.5) is 0 Å². The van der Waals surface area contributed by atoms with Gasteiger partial charge in [0.05, 0.1) is 17.7 Å². The average Bonchev–Trinajstić information content (AvgIpc) is 2.49. The molecule has 126 valence electrons.